The van der Waals surface area contributed by atoms with E-state index in [0.29, 0.717) is 35.9 Å². The Kier molecular flexibility index (Phi) is 3.95. The summed E-state index contributed by atoms with van der Waals surface area (Å²) in [6, 6.07) is 10.8. The van der Waals surface area contributed by atoms with Gasteiger partial charge in [-0.1, -0.05) is 18.2 Å². The summed E-state index contributed by atoms with van der Waals surface area (Å²) in [5.74, 6) is 0.149. The Morgan fingerprint density at radius 2 is 2.20 bits per heavy atom. The minimum atomic E-state index is -0.165. The molecule has 1 aliphatic heterocycles. The van der Waals surface area contributed by atoms with Gasteiger partial charge in [-0.25, -0.2) is 13.9 Å². The van der Waals surface area contributed by atoms with Crippen LogP contribution in [0.25, 0.3) is 5.65 Å². The van der Waals surface area contributed by atoms with Gasteiger partial charge in [-0.15, -0.1) is 0 Å². The van der Waals surface area contributed by atoms with Gasteiger partial charge >= 0.3 is 0 Å². The standard InChI is InChI=1S/C19H19FN4O/c1-13-5-6-14(10-16(13)20)9-15-7-8-23(11-15)19(25)17-3-2-4-18-21-12-22-24(17)18/h2-6,10,12,15H,7-9,11H2,1H3. The lowest BCUT2D eigenvalue weighted by molar-refractivity contribution is 0.0778. The van der Waals surface area contributed by atoms with Crippen LogP contribution >= 0.6 is 0 Å². The van der Waals surface area contributed by atoms with Crippen LogP contribution in [0.1, 0.15) is 28.0 Å². The molecule has 1 aliphatic rings. The zero-order valence-electron chi connectivity index (χ0n) is 14.0. The van der Waals surface area contributed by atoms with Crippen molar-refractivity contribution in [3.8, 4) is 0 Å². The second-order valence-electron chi connectivity index (χ2n) is 6.63. The molecule has 1 amide bonds. The molecule has 1 aromatic carbocycles. The number of rotatable bonds is 3. The summed E-state index contributed by atoms with van der Waals surface area (Å²) in [5.41, 5.74) is 2.84. The fourth-order valence-corrected chi connectivity index (χ4v) is 3.45. The second-order valence-corrected chi connectivity index (χ2v) is 6.63. The first-order valence-corrected chi connectivity index (χ1v) is 8.45. The molecule has 0 N–H and O–H groups in total. The minimum Gasteiger partial charge on any atom is -0.337 e. The van der Waals surface area contributed by atoms with Crippen molar-refractivity contribution in [1.82, 2.24) is 19.5 Å². The number of amides is 1. The third-order valence-corrected chi connectivity index (χ3v) is 4.85. The quantitative estimate of drug-likeness (QED) is 0.738. The van der Waals surface area contributed by atoms with E-state index in [2.05, 4.69) is 10.1 Å². The average Bonchev–Trinajstić information content (AvgIpc) is 3.26. The van der Waals surface area contributed by atoms with Gasteiger partial charge in [0.1, 0.15) is 17.8 Å². The van der Waals surface area contributed by atoms with Crippen LogP contribution in [0.2, 0.25) is 0 Å². The van der Waals surface area contributed by atoms with Crippen molar-refractivity contribution >= 4 is 11.6 Å². The number of carbonyl (C=O) groups excluding carboxylic acids is 1. The van der Waals surface area contributed by atoms with Gasteiger partial charge in [0.05, 0.1) is 0 Å². The van der Waals surface area contributed by atoms with Gasteiger partial charge in [-0.05, 0) is 55.0 Å². The Balaban J connectivity index is 1.47. The summed E-state index contributed by atoms with van der Waals surface area (Å²) >= 11 is 0. The predicted octanol–water partition coefficient (Wildman–Crippen LogP) is 2.88. The topological polar surface area (TPSA) is 50.5 Å². The molecule has 0 saturated carbocycles. The molecule has 1 saturated heterocycles. The Morgan fingerprint density at radius 3 is 3.04 bits per heavy atom. The highest BCUT2D eigenvalue weighted by Gasteiger charge is 2.28. The summed E-state index contributed by atoms with van der Waals surface area (Å²) in [5, 5.41) is 4.13. The molecule has 25 heavy (non-hydrogen) atoms. The van der Waals surface area contributed by atoms with Gasteiger partial charge < -0.3 is 4.90 Å². The molecule has 0 radical (unpaired) electrons. The zero-order chi connectivity index (χ0) is 17.4. The van der Waals surface area contributed by atoms with Gasteiger partial charge in [0.15, 0.2) is 5.65 Å². The molecule has 0 spiro atoms. The van der Waals surface area contributed by atoms with Crippen molar-refractivity contribution in [3.05, 3.63) is 65.4 Å². The number of likely N-dealkylation sites (tertiary alicyclic amines) is 1. The van der Waals surface area contributed by atoms with Crippen molar-refractivity contribution in [2.24, 2.45) is 5.92 Å². The Morgan fingerprint density at radius 1 is 1.32 bits per heavy atom. The van der Waals surface area contributed by atoms with Gasteiger partial charge in [-0.3, -0.25) is 4.79 Å². The van der Waals surface area contributed by atoms with Gasteiger partial charge in [0.2, 0.25) is 0 Å². The normalized spacial score (nSPS) is 17.4. The smallest absolute Gasteiger partial charge is 0.272 e. The molecule has 6 heteroatoms. The SMILES string of the molecule is Cc1ccc(CC2CCN(C(=O)c3cccc4ncnn34)C2)cc1F. The van der Waals surface area contributed by atoms with Crippen LogP contribution in [0.4, 0.5) is 4.39 Å². The molecular weight excluding hydrogens is 319 g/mol. The van der Waals surface area contributed by atoms with Crippen LogP contribution in [0.5, 0.6) is 0 Å². The fourth-order valence-electron chi connectivity index (χ4n) is 3.45. The molecule has 0 bridgehead atoms. The van der Waals surface area contributed by atoms with E-state index in [1.54, 1.807) is 23.6 Å². The monoisotopic (exact) mass is 338 g/mol. The van der Waals surface area contributed by atoms with Gasteiger partial charge in [0.25, 0.3) is 5.91 Å². The van der Waals surface area contributed by atoms with E-state index in [9.17, 15) is 9.18 Å². The third kappa shape index (κ3) is 2.99. The van der Waals surface area contributed by atoms with Gasteiger partial charge in [-0.2, -0.15) is 5.10 Å². The maximum absolute atomic E-state index is 13.7. The van der Waals surface area contributed by atoms with E-state index in [-0.39, 0.29) is 11.7 Å². The molecule has 1 atom stereocenters. The number of hydrogen-bond donors (Lipinski definition) is 0. The molecule has 128 valence electrons. The minimum absolute atomic E-state index is 0.0336. The van der Waals surface area contributed by atoms with Crippen molar-refractivity contribution in [2.45, 2.75) is 19.8 Å². The van der Waals surface area contributed by atoms with E-state index in [1.165, 1.54) is 6.33 Å². The number of hydrogen-bond acceptors (Lipinski definition) is 3. The largest absolute Gasteiger partial charge is 0.337 e. The maximum Gasteiger partial charge on any atom is 0.272 e. The number of aryl methyl sites for hydroxylation is 1. The lowest BCUT2D eigenvalue weighted by Gasteiger charge is -2.17. The number of halogens is 1. The van der Waals surface area contributed by atoms with Crippen LogP contribution in [0, 0.1) is 18.7 Å². The first-order valence-electron chi connectivity index (χ1n) is 8.45. The van der Waals surface area contributed by atoms with Crippen LogP contribution < -0.4 is 0 Å². The third-order valence-electron chi connectivity index (χ3n) is 4.85. The Hall–Kier alpha value is -2.76. The van der Waals surface area contributed by atoms with E-state index < -0.39 is 0 Å². The maximum atomic E-state index is 13.7. The van der Waals surface area contributed by atoms with Crippen LogP contribution in [0.3, 0.4) is 0 Å². The predicted molar refractivity (Wildman–Crippen MR) is 91.8 cm³/mol. The number of carbonyl (C=O) groups is 1. The first-order chi connectivity index (χ1) is 12.1. The van der Waals surface area contributed by atoms with Crippen LogP contribution in [-0.2, 0) is 6.42 Å². The number of nitrogens with zero attached hydrogens (tertiary/aromatic N) is 4. The molecule has 3 aromatic rings. The number of pyridine rings is 1. The van der Waals surface area contributed by atoms with Gasteiger partial charge in [0, 0.05) is 13.1 Å². The Labute approximate surface area is 145 Å². The molecule has 3 heterocycles. The van der Waals surface area contributed by atoms with Crippen molar-refractivity contribution < 1.29 is 9.18 Å². The van der Waals surface area contributed by atoms with E-state index in [0.717, 1.165) is 18.4 Å². The zero-order valence-corrected chi connectivity index (χ0v) is 14.0. The number of benzene rings is 1. The van der Waals surface area contributed by atoms with E-state index >= 15 is 0 Å². The number of aromatic nitrogens is 3. The molecule has 4 rings (SSSR count). The van der Waals surface area contributed by atoms with E-state index in [1.807, 2.05) is 29.2 Å². The molecule has 1 unspecified atom stereocenters. The lowest BCUT2D eigenvalue weighted by atomic mass is 9.98. The highest BCUT2D eigenvalue weighted by Crippen LogP contribution is 2.23. The van der Waals surface area contributed by atoms with Crippen LogP contribution in [0.15, 0.2) is 42.7 Å². The molecular formula is C19H19FN4O. The first kappa shape index (κ1) is 15.7. The molecule has 5 nitrogen and oxygen atoms in total. The molecule has 0 aliphatic carbocycles. The number of fused-ring (bicyclic) bond motifs is 1. The summed E-state index contributed by atoms with van der Waals surface area (Å²) in [7, 11) is 0. The average molecular weight is 338 g/mol. The molecule has 2 aromatic heterocycles. The van der Waals surface area contributed by atoms with Crippen molar-refractivity contribution in [3.63, 3.8) is 0 Å². The summed E-state index contributed by atoms with van der Waals surface area (Å²) in [4.78, 5) is 18.8. The van der Waals surface area contributed by atoms with Crippen molar-refractivity contribution in [2.75, 3.05) is 13.1 Å². The summed E-state index contributed by atoms with van der Waals surface area (Å²) in [6.07, 6.45) is 3.16. The summed E-state index contributed by atoms with van der Waals surface area (Å²) in [6.45, 7) is 3.15. The molecule has 1 fully saturated rings. The Bertz CT molecular complexity index is 936. The van der Waals surface area contributed by atoms with E-state index in [4.69, 9.17) is 0 Å². The highest BCUT2D eigenvalue weighted by molar-refractivity contribution is 5.93. The highest BCUT2D eigenvalue weighted by atomic mass is 19.1. The van der Waals surface area contributed by atoms with Crippen molar-refractivity contribution in [1.29, 1.82) is 0 Å². The second kappa shape index (κ2) is 6.27. The summed E-state index contributed by atoms with van der Waals surface area (Å²) < 4.78 is 15.3. The van der Waals surface area contributed by atoms with Crippen LogP contribution in [-0.4, -0.2) is 38.5 Å². The lowest BCUT2D eigenvalue weighted by Crippen LogP contribution is -2.30. The fraction of sp³-hybridized carbons (Fsp3) is 0.316.